The lowest BCUT2D eigenvalue weighted by Crippen LogP contribution is -2.42. The largest absolute Gasteiger partial charge is 0.497 e. The molecule has 0 radical (unpaired) electrons. The predicted octanol–water partition coefficient (Wildman–Crippen LogP) is 3.44. The number of nitrogens with zero attached hydrogens (tertiary/aromatic N) is 2. The topological polar surface area (TPSA) is 104 Å². The van der Waals surface area contributed by atoms with Gasteiger partial charge in [0.1, 0.15) is 5.75 Å². The first kappa shape index (κ1) is 29.3. The number of rotatable bonds is 14. The number of hydrogen-bond acceptors (Lipinski definition) is 6. The summed E-state index contributed by atoms with van der Waals surface area (Å²) in [6.07, 6.45) is -0.936. The van der Waals surface area contributed by atoms with Crippen molar-refractivity contribution in [3.63, 3.8) is 0 Å². The van der Waals surface area contributed by atoms with E-state index in [0.29, 0.717) is 5.75 Å². The van der Waals surface area contributed by atoms with Crippen molar-refractivity contribution < 1.29 is 26.7 Å². The average molecular weight is 527 g/mol. The van der Waals surface area contributed by atoms with Crippen LogP contribution in [-0.4, -0.2) is 69.9 Å². The average Bonchev–Trinajstić information content (AvgIpc) is 2.81. The highest BCUT2D eigenvalue weighted by Crippen LogP contribution is 2.22. The summed E-state index contributed by atoms with van der Waals surface area (Å²) < 4.78 is 60.7. The Balaban J connectivity index is 2.18. The Morgan fingerprint density at radius 3 is 1.74 bits per heavy atom. The molecule has 1 atom stereocenters. The van der Waals surface area contributed by atoms with E-state index in [-0.39, 0.29) is 54.2 Å². The number of benzene rings is 2. The van der Waals surface area contributed by atoms with E-state index < -0.39 is 26.2 Å². The van der Waals surface area contributed by atoms with E-state index in [2.05, 4.69) is 0 Å². The van der Waals surface area contributed by atoms with Crippen LogP contribution in [-0.2, 0) is 20.0 Å². The molecular formula is C25H38N2O6S2. The highest BCUT2D eigenvalue weighted by Gasteiger charge is 2.29. The molecule has 0 amide bonds. The van der Waals surface area contributed by atoms with Gasteiger partial charge in [0.15, 0.2) is 0 Å². The Hall–Kier alpha value is -1.98. The summed E-state index contributed by atoms with van der Waals surface area (Å²) in [4.78, 5) is 0.304. The van der Waals surface area contributed by atoms with Gasteiger partial charge in [-0.3, -0.25) is 0 Å². The van der Waals surface area contributed by atoms with Crippen molar-refractivity contribution in [1.29, 1.82) is 0 Å². The number of sulfonamides is 2. The monoisotopic (exact) mass is 526 g/mol. The van der Waals surface area contributed by atoms with Crippen molar-refractivity contribution in [2.45, 2.75) is 50.0 Å². The van der Waals surface area contributed by atoms with E-state index in [1.54, 1.807) is 30.3 Å². The maximum atomic E-state index is 13.3. The summed E-state index contributed by atoms with van der Waals surface area (Å²) in [7, 11) is -6.09. The van der Waals surface area contributed by atoms with Gasteiger partial charge in [0, 0.05) is 26.2 Å². The highest BCUT2D eigenvalue weighted by atomic mass is 32.2. The van der Waals surface area contributed by atoms with Gasteiger partial charge < -0.3 is 9.84 Å². The van der Waals surface area contributed by atoms with E-state index in [9.17, 15) is 21.9 Å². The zero-order valence-corrected chi connectivity index (χ0v) is 22.8. The Morgan fingerprint density at radius 1 is 0.743 bits per heavy atom. The molecule has 2 aromatic carbocycles. The first-order valence-electron chi connectivity index (χ1n) is 11.7. The molecule has 0 aliphatic heterocycles. The van der Waals surface area contributed by atoms with Gasteiger partial charge in [0.2, 0.25) is 20.0 Å². The molecule has 196 valence electrons. The SMILES string of the molecule is COc1ccc(S(=O)(=O)N(CCC(O)CN(CC(C)C)S(=O)(=O)c2ccccc2)CC(C)C)cc1. The molecule has 1 unspecified atom stereocenters. The third kappa shape index (κ3) is 8.28. The van der Waals surface area contributed by atoms with E-state index in [4.69, 9.17) is 4.74 Å². The minimum absolute atomic E-state index is 0.0496. The van der Waals surface area contributed by atoms with Gasteiger partial charge in [-0.2, -0.15) is 8.61 Å². The van der Waals surface area contributed by atoms with Gasteiger partial charge in [-0.15, -0.1) is 0 Å². The summed E-state index contributed by atoms with van der Waals surface area (Å²) in [5, 5.41) is 10.8. The van der Waals surface area contributed by atoms with E-state index >= 15 is 0 Å². The third-order valence-electron chi connectivity index (χ3n) is 5.34. The molecule has 0 heterocycles. The van der Waals surface area contributed by atoms with Crippen molar-refractivity contribution in [2.75, 3.05) is 33.3 Å². The number of aliphatic hydroxyl groups excluding tert-OH is 1. The van der Waals surface area contributed by atoms with Crippen LogP contribution in [0.25, 0.3) is 0 Å². The van der Waals surface area contributed by atoms with Crippen molar-refractivity contribution in [3.05, 3.63) is 54.6 Å². The molecule has 0 aliphatic rings. The van der Waals surface area contributed by atoms with Gasteiger partial charge >= 0.3 is 0 Å². The summed E-state index contributed by atoms with van der Waals surface area (Å²) >= 11 is 0. The second kappa shape index (κ2) is 12.8. The molecule has 1 N–H and O–H groups in total. The lowest BCUT2D eigenvalue weighted by molar-refractivity contribution is 0.125. The first-order valence-corrected chi connectivity index (χ1v) is 14.6. The molecule has 0 bridgehead atoms. The summed E-state index contributed by atoms with van der Waals surface area (Å²) in [5.41, 5.74) is 0. The van der Waals surface area contributed by atoms with Gasteiger partial charge in [0.25, 0.3) is 0 Å². The minimum atomic E-state index is -3.80. The third-order valence-corrected chi connectivity index (χ3v) is 9.07. The van der Waals surface area contributed by atoms with Crippen LogP contribution in [0, 0.1) is 11.8 Å². The number of hydrogen-bond donors (Lipinski definition) is 1. The van der Waals surface area contributed by atoms with Crippen molar-refractivity contribution in [3.8, 4) is 5.75 Å². The van der Waals surface area contributed by atoms with E-state index in [0.717, 1.165) is 0 Å². The fourth-order valence-electron chi connectivity index (χ4n) is 3.65. The van der Waals surface area contributed by atoms with E-state index in [1.807, 2.05) is 27.7 Å². The van der Waals surface area contributed by atoms with Crippen LogP contribution >= 0.6 is 0 Å². The second-order valence-corrected chi connectivity index (χ2v) is 13.3. The van der Waals surface area contributed by atoms with Crippen molar-refractivity contribution in [1.82, 2.24) is 8.61 Å². The van der Waals surface area contributed by atoms with Crippen LogP contribution in [0.5, 0.6) is 5.75 Å². The second-order valence-electron chi connectivity index (χ2n) is 9.40. The molecule has 8 nitrogen and oxygen atoms in total. The van der Waals surface area contributed by atoms with Crippen molar-refractivity contribution >= 4 is 20.0 Å². The summed E-state index contributed by atoms with van der Waals surface area (Å²) in [5.74, 6) is 0.671. The lowest BCUT2D eigenvalue weighted by atomic mass is 10.2. The molecule has 0 aliphatic carbocycles. The van der Waals surface area contributed by atoms with Crippen LogP contribution in [0.3, 0.4) is 0 Å². The smallest absolute Gasteiger partial charge is 0.243 e. The Kier molecular flexibility index (Phi) is 10.7. The quantitative estimate of drug-likeness (QED) is 0.404. The fraction of sp³-hybridized carbons (Fsp3) is 0.520. The van der Waals surface area contributed by atoms with Crippen LogP contribution < -0.4 is 4.74 Å². The number of ether oxygens (including phenoxy) is 1. The summed E-state index contributed by atoms with van der Waals surface area (Å²) in [6.45, 7) is 8.13. The van der Waals surface area contributed by atoms with Gasteiger partial charge in [-0.25, -0.2) is 16.8 Å². The molecule has 0 saturated carbocycles. The molecular weight excluding hydrogens is 488 g/mol. The zero-order valence-electron chi connectivity index (χ0n) is 21.2. The molecule has 0 saturated heterocycles. The normalized spacial score (nSPS) is 13.7. The molecule has 2 rings (SSSR count). The fourth-order valence-corrected chi connectivity index (χ4v) is 6.93. The molecule has 0 aromatic heterocycles. The minimum Gasteiger partial charge on any atom is -0.497 e. The standard InChI is InChI=1S/C25H38N2O6S2/c1-20(2)17-26(34(29,30)25-13-11-23(33-5)12-14-25)16-15-22(28)19-27(18-21(3)4)35(31,32)24-9-7-6-8-10-24/h6-14,20-22,28H,15-19H2,1-5H3. The van der Waals surface area contributed by atoms with Crippen LogP contribution in [0.4, 0.5) is 0 Å². The van der Waals surface area contributed by atoms with Crippen LogP contribution in [0.15, 0.2) is 64.4 Å². The number of methoxy groups -OCH3 is 1. The maximum Gasteiger partial charge on any atom is 0.243 e. The van der Waals surface area contributed by atoms with Gasteiger partial charge in [-0.1, -0.05) is 45.9 Å². The Labute approximate surface area is 210 Å². The molecule has 10 heteroatoms. The number of aliphatic hydroxyl groups is 1. The molecule has 0 fully saturated rings. The highest BCUT2D eigenvalue weighted by molar-refractivity contribution is 7.89. The molecule has 2 aromatic rings. The Bertz CT molecular complexity index is 1120. The molecule has 0 spiro atoms. The van der Waals surface area contributed by atoms with Crippen molar-refractivity contribution in [2.24, 2.45) is 11.8 Å². The van der Waals surface area contributed by atoms with Crippen LogP contribution in [0.2, 0.25) is 0 Å². The van der Waals surface area contributed by atoms with Crippen LogP contribution in [0.1, 0.15) is 34.1 Å². The maximum absolute atomic E-state index is 13.3. The first-order chi connectivity index (χ1) is 16.4. The molecule has 35 heavy (non-hydrogen) atoms. The van der Waals surface area contributed by atoms with Gasteiger partial charge in [-0.05, 0) is 54.7 Å². The summed E-state index contributed by atoms with van der Waals surface area (Å²) in [6, 6.07) is 14.3. The predicted molar refractivity (Wildman–Crippen MR) is 137 cm³/mol. The van der Waals surface area contributed by atoms with Gasteiger partial charge in [0.05, 0.1) is 23.0 Å². The lowest BCUT2D eigenvalue weighted by Gasteiger charge is -2.28. The Morgan fingerprint density at radius 2 is 1.23 bits per heavy atom. The zero-order chi connectivity index (χ0) is 26.2. The van der Waals surface area contributed by atoms with E-state index in [1.165, 1.54) is 40.0 Å².